The molecule has 1 aromatic carbocycles. The van der Waals surface area contributed by atoms with E-state index in [2.05, 4.69) is 37.7 Å². The van der Waals surface area contributed by atoms with E-state index in [9.17, 15) is 0 Å². The summed E-state index contributed by atoms with van der Waals surface area (Å²) in [4.78, 5) is 8.71. The maximum Gasteiger partial charge on any atom is 0.257 e. The average molecular weight is 409 g/mol. The molecule has 1 aliphatic heterocycles. The highest BCUT2D eigenvalue weighted by atomic mass is 35.5. The molecule has 29 heavy (non-hydrogen) atoms. The number of aromatic nitrogens is 3. The number of nitrogens with zero attached hydrogens (tertiary/aromatic N) is 5. The number of nitrogens with one attached hydrogen (secondary N) is 1. The summed E-state index contributed by atoms with van der Waals surface area (Å²) in [5.41, 5.74) is 6.23. The molecule has 3 heterocycles. The third kappa shape index (κ3) is 3.70. The van der Waals surface area contributed by atoms with Crippen LogP contribution in [0.25, 0.3) is 11.5 Å². The van der Waals surface area contributed by atoms with Crippen LogP contribution in [0, 0.1) is 5.92 Å². The summed E-state index contributed by atoms with van der Waals surface area (Å²) in [6.45, 7) is 2.11. The molecule has 2 aliphatic rings. The van der Waals surface area contributed by atoms with Crippen molar-refractivity contribution in [3.63, 3.8) is 0 Å². The van der Waals surface area contributed by atoms with E-state index in [1.54, 1.807) is 12.4 Å². The minimum Gasteiger partial charge on any atom is -0.334 e. The van der Waals surface area contributed by atoms with Crippen LogP contribution in [0.1, 0.15) is 37.9 Å². The fourth-order valence-electron chi connectivity index (χ4n) is 3.76. The van der Waals surface area contributed by atoms with Crippen LogP contribution < -0.4 is 10.5 Å². The van der Waals surface area contributed by atoms with Crippen LogP contribution in [-0.4, -0.2) is 26.9 Å². The first-order chi connectivity index (χ1) is 14.2. The van der Waals surface area contributed by atoms with Crippen molar-refractivity contribution < 1.29 is 4.52 Å². The Morgan fingerprint density at radius 3 is 2.83 bits per heavy atom. The van der Waals surface area contributed by atoms with E-state index >= 15 is 0 Å². The molecule has 5 rings (SSSR count). The molecule has 8 heteroatoms. The number of halogens is 1. The quantitative estimate of drug-likeness (QED) is 0.649. The van der Waals surface area contributed by atoms with Gasteiger partial charge in [-0.2, -0.15) is 10.1 Å². The van der Waals surface area contributed by atoms with E-state index in [0.717, 1.165) is 23.4 Å². The fraction of sp³-hybridized carbons (Fsp3) is 0.333. The molecule has 1 saturated carbocycles. The highest BCUT2D eigenvalue weighted by Crippen LogP contribution is 2.40. The van der Waals surface area contributed by atoms with E-state index in [0.29, 0.717) is 22.7 Å². The van der Waals surface area contributed by atoms with Crippen molar-refractivity contribution in [3.8, 4) is 11.5 Å². The summed E-state index contributed by atoms with van der Waals surface area (Å²) in [5.74, 6) is 1.87. The number of rotatable bonds is 6. The number of benzene rings is 1. The zero-order valence-corrected chi connectivity index (χ0v) is 16.8. The van der Waals surface area contributed by atoms with E-state index in [1.807, 2.05) is 36.4 Å². The molecule has 0 spiro atoms. The van der Waals surface area contributed by atoms with Gasteiger partial charge in [0.1, 0.15) is 0 Å². The van der Waals surface area contributed by atoms with Gasteiger partial charge in [0.15, 0.2) is 5.82 Å². The van der Waals surface area contributed by atoms with Crippen LogP contribution in [0.5, 0.6) is 0 Å². The van der Waals surface area contributed by atoms with Crippen molar-refractivity contribution in [3.05, 3.63) is 59.6 Å². The van der Waals surface area contributed by atoms with Gasteiger partial charge in [-0.3, -0.25) is 9.99 Å². The van der Waals surface area contributed by atoms with Gasteiger partial charge in [0.05, 0.1) is 17.4 Å². The lowest BCUT2D eigenvalue weighted by molar-refractivity contribution is 0.418. The van der Waals surface area contributed by atoms with Crippen molar-refractivity contribution in [1.29, 1.82) is 0 Å². The van der Waals surface area contributed by atoms with Crippen molar-refractivity contribution in [2.24, 2.45) is 11.0 Å². The minimum absolute atomic E-state index is 0.0888. The lowest BCUT2D eigenvalue weighted by Gasteiger charge is -2.26. The molecular formula is C21H21ClN6O. The minimum atomic E-state index is 0.0888. The van der Waals surface area contributed by atoms with Crippen LogP contribution >= 0.6 is 11.6 Å². The monoisotopic (exact) mass is 408 g/mol. The highest BCUT2D eigenvalue weighted by Gasteiger charge is 2.42. The Kier molecular flexibility index (Phi) is 4.67. The van der Waals surface area contributed by atoms with Crippen molar-refractivity contribution >= 4 is 23.0 Å². The maximum absolute atomic E-state index is 6.07. The van der Waals surface area contributed by atoms with Crippen molar-refractivity contribution in [1.82, 2.24) is 20.7 Å². The average Bonchev–Trinajstić information content (AvgIpc) is 3.29. The molecule has 2 aromatic heterocycles. The lowest BCUT2D eigenvalue weighted by atomic mass is 9.96. The Balaban J connectivity index is 1.32. The van der Waals surface area contributed by atoms with Crippen LogP contribution in [0.3, 0.4) is 0 Å². The van der Waals surface area contributed by atoms with Crippen molar-refractivity contribution in [2.45, 2.75) is 38.1 Å². The van der Waals surface area contributed by atoms with Crippen molar-refractivity contribution in [2.75, 3.05) is 5.01 Å². The molecule has 2 atom stereocenters. The predicted octanol–water partition coefficient (Wildman–Crippen LogP) is 4.44. The Morgan fingerprint density at radius 1 is 1.24 bits per heavy atom. The molecule has 0 saturated heterocycles. The van der Waals surface area contributed by atoms with Gasteiger partial charge in [0, 0.05) is 28.9 Å². The predicted molar refractivity (Wildman–Crippen MR) is 112 cm³/mol. The number of hydrazine groups is 1. The molecule has 1 aliphatic carbocycles. The fourth-order valence-corrected chi connectivity index (χ4v) is 3.95. The Morgan fingerprint density at radius 2 is 2.07 bits per heavy atom. The number of hydrogen-bond donors (Lipinski definition) is 1. The van der Waals surface area contributed by atoms with E-state index in [-0.39, 0.29) is 12.0 Å². The summed E-state index contributed by atoms with van der Waals surface area (Å²) in [6.07, 6.45) is 6.83. The maximum atomic E-state index is 6.07. The number of pyridine rings is 1. The second kappa shape index (κ2) is 7.48. The number of anilines is 1. The Hall–Kier alpha value is -2.93. The first-order valence-corrected chi connectivity index (χ1v) is 10.2. The Labute approximate surface area is 173 Å². The first kappa shape index (κ1) is 18.1. The van der Waals surface area contributed by atoms with Crippen LogP contribution in [0.2, 0.25) is 5.02 Å². The van der Waals surface area contributed by atoms with Gasteiger partial charge in [-0.05, 0) is 55.5 Å². The van der Waals surface area contributed by atoms with Gasteiger partial charge in [-0.1, -0.05) is 29.7 Å². The summed E-state index contributed by atoms with van der Waals surface area (Å²) in [5, 5.41) is 11.6. The molecule has 0 bridgehead atoms. The molecule has 7 nitrogen and oxygen atoms in total. The molecule has 0 radical (unpaired) electrons. The van der Waals surface area contributed by atoms with Crippen LogP contribution in [0.15, 0.2) is 58.4 Å². The van der Waals surface area contributed by atoms with Gasteiger partial charge in [0.25, 0.3) is 5.89 Å². The highest BCUT2D eigenvalue weighted by molar-refractivity contribution is 6.30. The molecule has 0 amide bonds. The Bertz CT molecular complexity index is 1030. The molecular weight excluding hydrogens is 388 g/mol. The SMILES string of the molecule is CC(CC1=NNN(c2ccncc2)C1C1CC1)c1noc(-c2cccc(Cl)c2)n1. The van der Waals surface area contributed by atoms with Gasteiger partial charge < -0.3 is 4.52 Å². The molecule has 1 fully saturated rings. The van der Waals surface area contributed by atoms with Crippen LogP contribution in [-0.2, 0) is 0 Å². The standard InChI is InChI=1S/C21H21ClN6O/c1-13(20-24-21(29-26-20)15-3-2-4-16(22)12-15)11-18-19(14-5-6-14)28(27-25-18)17-7-9-23-10-8-17/h2-4,7-10,12-14,19,27H,5-6,11H2,1H3. The second-order valence-electron chi connectivity index (χ2n) is 7.63. The normalized spacial score (nSPS) is 19.7. The topological polar surface area (TPSA) is 79.4 Å². The smallest absolute Gasteiger partial charge is 0.257 e. The first-order valence-electron chi connectivity index (χ1n) is 9.80. The largest absolute Gasteiger partial charge is 0.334 e. The summed E-state index contributed by atoms with van der Waals surface area (Å²) < 4.78 is 5.48. The summed E-state index contributed by atoms with van der Waals surface area (Å²) >= 11 is 6.07. The lowest BCUT2D eigenvalue weighted by Crippen LogP contribution is -2.42. The molecule has 1 N–H and O–H groups in total. The third-order valence-corrected chi connectivity index (χ3v) is 5.63. The zero-order valence-electron chi connectivity index (χ0n) is 16.0. The molecule has 148 valence electrons. The van der Waals surface area contributed by atoms with Gasteiger partial charge in [-0.25, -0.2) is 5.53 Å². The third-order valence-electron chi connectivity index (χ3n) is 5.40. The number of hydrazone groups is 1. The van der Waals surface area contributed by atoms with E-state index in [1.165, 1.54) is 12.8 Å². The second-order valence-corrected chi connectivity index (χ2v) is 8.07. The number of hydrogen-bond acceptors (Lipinski definition) is 7. The summed E-state index contributed by atoms with van der Waals surface area (Å²) in [7, 11) is 0. The van der Waals surface area contributed by atoms with Gasteiger partial charge in [0.2, 0.25) is 0 Å². The van der Waals surface area contributed by atoms with Crippen LogP contribution in [0.4, 0.5) is 5.69 Å². The summed E-state index contributed by atoms with van der Waals surface area (Å²) in [6, 6.07) is 11.7. The zero-order chi connectivity index (χ0) is 19.8. The molecule has 3 aromatic rings. The molecule has 2 unspecified atom stereocenters. The van der Waals surface area contributed by atoms with Gasteiger partial charge in [-0.15, -0.1) is 0 Å². The van der Waals surface area contributed by atoms with E-state index in [4.69, 9.17) is 16.1 Å². The van der Waals surface area contributed by atoms with E-state index < -0.39 is 0 Å². The van der Waals surface area contributed by atoms with Gasteiger partial charge >= 0.3 is 0 Å².